The number of piperidine rings is 1. The van der Waals surface area contributed by atoms with E-state index in [2.05, 4.69) is 63.3 Å². The number of allylic oxidation sites excluding steroid dienone is 3. The van der Waals surface area contributed by atoms with Crippen LogP contribution in [0.5, 0.6) is 0 Å². The maximum atomic E-state index is 13.2. The highest BCUT2D eigenvalue weighted by Gasteiger charge is 2.72. The summed E-state index contributed by atoms with van der Waals surface area (Å²) in [5, 5.41) is 26.4. The molecule has 0 radical (unpaired) electrons. The molecule has 7 nitrogen and oxygen atoms in total. The van der Waals surface area contributed by atoms with Crippen LogP contribution in [-0.2, 0) is 4.74 Å². The third-order valence-corrected chi connectivity index (χ3v) is 12.1. The second kappa shape index (κ2) is 9.72. The topological polar surface area (TPSA) is 84.8 Å². The predicted octanol–water partition coefficient (Wildman–Crippen LogP) is 5.39. The number of nitrogens with one attached hydrogen (secondary N) is 1. The molecular formula is C36H44N4O3. The number of para-hydroxylation sites is 1. The molecule has 0 amide bonds. The Bertz CT molecular complexity index is 1630. The van der Waals surface area contributed by atoms with E-state index in [9.17, 15) is 10.2 Å². The minimum atomic E-state index is -1.02. The van der Waals surface area contributed by atoms with Crippen LogP contribution in [0.25, 0.3) is 27.4 Å². The smallest absolute Gasteiger partial charge is 0.123 e. The summed E-state index contributed by atoms with van der Waals surface area (Å²) in [6.07, 6.45) is 17.8. The number of fused-ring (bicyclic) bond motifs is 5. The molecule has 3 N–H and O–H groups in total. The molecule has 0 saturated carbocycles. The lowest BCUT2D eigenvalue weighted by atomic mass is 9.54. The zero-order valence-corrected chi connectivity index (χ0v) is 25.0. The average Bonchev–Trinajstić information content (AvgIpc) is 3.53. The van der Waals surface area contributed by atoms with E-state index in [-0.39, 0.29) is 29.6 Å². The quantitative estimate of drug-likeness (QED) is 0.335. The van der Waals surface area contributed by atoms with E-state index in [1.165, 1.54) is 29.2 Å². The fourth-order valence-corrected chi connectivity index (χ4v) is 10.5. The zero-order chi connectivity index (χ0) is 28.8. The van der Waals surface area contributed by atoms with Crippen LogP contribution in [0.2, 0.25) is 0 Å². The monoisotopic (exact) mass is 580 g/mol. The summed E-state index contributed by atoms with van der Waals surface area (Å²) < 4.78 is 6.95. The predicted molar refractivity (Wildman–Crippen MR) is 168 cm³/mol. The molecule has 226 valence electrons. The highest BCUT2D eigenvalue weighted by Crippen LogP contribution is 2.66. The Morgan fingerprint density at radius 2 is 1.86 bits per heavy atom. The zero-order valence-electron chi connectivity index (χ0n) is 25.0. The normalized spacial score (nSPS) is 41.3. The average molecular weight is 581 g/mol. The first-order valence-electron chi connectivity index (χ1n) is 16.8. The second-order valence-corrected chi connectivity index (χ2v) is 14.5. The molecule has 7 heteroatoms. The van der Waals surface area contributed by atoms with Gasteiger partial charge >= 0.3 is 0 Å². The molecule has 9 rings (SSSR count). The van der Waals surface area contributed by atoms with Gasteiger partial charge in [-0.25, -0.2) is 0 Å². The van der Waals surface area contributed by atoms with Crippen molar-refractivity contribution in [2.75, 3.05) is 26.2 Å². The summed E-state index contributed by atoms with van der Waals surface area (Å²) in [4.78, 5) is 14.1. The molecule has 8 atom stereocenters. The van der Waals surface area contributed by atoms with Crippen LogP contribution in [-0.4, -0.2) is 85.7 Å². The standard InChI is InChI=1S/C36H44N4O3/c41-29-11-16-36-22-34-23-39-18-8-4-2-1-3-7-15-35(42,33(34)40(36)20-14-30(29)43-36)21-26(27(34)13-19-39)31-32-25(12-17-37-31)24-9-5-6-10-28(24)38-32/h1,3,5-6,9-10,12,17,21,27,29-30,33,38,41-42H,2,4,7-8,11,13-16,18-20,22-23H2/t27-,29+,30-,33+,34-,35-,36+/m0/s1. The van der Waals surface area contributed by atoms with E-state index >= 15 is 0 Å². The van der Waals surface area contributed by atoms with Gasteiger partial charge in [0.05, 0.1) is 35.1 Å². The maximum Gasteiger partial charge on any atom is 0.123 e. The lowest BCUT2D eigenvalue weighted by Crippen LogP contribution is -2.68. The van der Waals surface area contributed by atoms with Crippen LogP contribution in [0.3, 0.4) is 0 Å². The molecule has 4 fully saturated rings. The second-order valence-electron chi connectivity index (χ2n) is 14.5. The van der Waals surface area contributed by atoms with Gasteiger partial charge in [-0.15, -0.1) is 0 Å². The van der Waals surface area contributed by atoms with Gasteiger partial charge in [-0.3, -0.25) is 9.88 Å². The molecule has 4 saturated heterocycles. The molecule has 6 aliphatic rings. The van der Waals surface area contributed by atoms with Crippen LogP contribution < -0.4 is 0 Å². The van der Waals surface area contributed by atoms with Crippen molar-refractivity contribution >= 4 is 27.4 Å². The van der Waals surface area contributed by atoms with Crippen LogP contribution in [0.15, 0.2) is 54.8 Å². The fourth-order valence-electron chi connectivity index (χ4n) is 10.5. The number of aliphatic hydroxyl groups excluding tert-OH is 1. The van der Waals surface area contributed by atoms with Crippen molar-refractivity contribution in [3.63, 3.8) is 0 Å². The number of pyridine rings is 1. The van der Waals surface area contributed by atoms with E-state index in [1.54, 1.807) is 0 Å². The molecule has 2 aromatic heterocycles. The molecule has 7 heterocycles. The van der Waals surface area contributed by atoms with Gasteiger partial charge in [-0.2, -0.15) is 0 Å². The first-order valence-corrected chi connectivity index (χ1v) is 16.8. The number of H-pyrrole nitrogens is 1. The van der Waals surface area contributed by atoms with Crippen molar-refractivity contribution in [2.45, 2.75) is 93.8 Å². The van der Waals surface area contributed by atoms with Gasteiger partial charge < -0.3 is 24.8 Å². The minimum absolute atomic E-state index is 0.0242. The van der Waals surface area contributed by atoms with Gasteiger partial charge in [0.2, 0.25) is 0 Å². The number of aromatic amines is 1. The van der Waals surface area contributed by atoms with Crippen molar-refractivity contribution < 1.29 is 14.9 Å². The van der Waals surface area contributed by atoms with Gasteiger partial charge in [0.25, 0.3) is 0 Å². The van der Waals surface area contributed by atoms with E-state index < -0.39 is 11.3 Å². The molecule has 1 aromatic carbocycles. The summed E-state index contributed by atoms with van der Waals surface area (Å²) in [6, 6.07) is 10.6. The molecule has 43 heavy (non-hydrogen) atoms. The van der Waals surface area contributed by atoms with Gasteiger partial charge in [0, 0.05) is 41.0 Å². The first-order chi connectivity index (χ1) is 21.0. The highest BCUT2D eigenvalue weighted by atomic mass is 16.5. The number of benzene rings is 1. The Labute approximate surface area is 253 Å². The number of aromatic nitrogens is 2. The lowest BCUT2D eigenvalue weighted by molar-refractivity contribution is -0.268. The number of hydrogen-bond acceptors (Lipinski definition) is 6. The van der Waals surface area contributed by atoms with Gasteiger partial charge in [0.1, 0.15) is 5.72 Å². The van der Waals surface area contributed by atoms with Crippen molar-refractivity contribution in [1.29, 1.82) is 0 Å². The third-order valence-electron chi connectivity index (χ3n) is 12.1. The molecular weight excluding hydrogens is 536 g/mol. The number of aliphatic hydroxyl groups is 2. The summed E-state index contributed by atoms with van der Waals surface area (Å²) >= 11 is 0. The molecule has 1 unspecified atom stereocenters. The lowest BCUT2D eigenvalue weighted by Gasteiger charge is -2.58. The van der Waals surface area contributed by atoms with Crippen LogP contribution >= 0.6 is 0 Å². The van der Waals surface area contributed by atoms with Crippen LogP contribution in [0, 0.1) is 11.3 Å². The Balaban J connectivity index is 1.26. The van der Waals surface area contributed by atoms with E-state index in [0.29, 0.717) is 6.42 Å². The Morgan fingerprint density at radius 1 is 0.953 bits per heavy atom. The van der Waals surface area contributed by atoms with E-state index in [0.717, 1.165) is 87.9 Å². The number of rotatable bonds is 1. The van der Waals surface area contributed by atoms with Crippen molar-refractivity contribution in [3.05, 3.63) is 60.5 Å². The molecule has 5 bridgehead atoms. The third kappa shape index (κ3) is 3.88. The summed E-state index contributed by atoms with van der Waals surface area (Å²) in [7, 11) is 0. The fraction of sp³-hybridized carbons (Fsp3) is 0.583. The molecule has 2 spiro atoms. The number of hydrogen-bond donors (Lipinski definition) is 3. The van der Waals surface area contributed by atoms with Crippen molar-refractivity contribution in [2.24, 2.45) is 11.3 Å². The van der Waals surface area contributed by atoms with E-state index in [4.69, 9.17) is 9.72 Å². The minimum Gasteiger partial charge on any atom is -0.390 e. The van der Waals surface area contributed by atoms with Crippen LogP contribution in [0.4, 0.5) is 0 Å². The summed E-state index contributed by atoms with van der Waals surface area (Å²) in [6.45, 7) is 4.03. The Kier molecular flexibility index (Phi) is 6.06. The number of ether oxygens (including phenoxy) is 1. The first kappa shape index (κ1) is 26.8. The SMILES string of the molecule is O[C@@H]1CC[C@@]23C[C@]45CN6CCCCC=CCC[C@](O)(C=C(c7nccc8c7[nH]c7ccccc78)[C@@H]4CC6)[C@@H]5N2CC[C@@H]1O3. The van der Waals surface area contributed by atoms with Crippen molar-refractivity contribution in [1.82, 2.24) is 19.8 Å². The Morgan fingerprint density at radius 3 is 2.81 bits per heavy atom. The Hall–Kier alpha value is -2.55. The van der Waals surface area contributed by atoms with Gasteiger partial charge in [-0.05, 0) is 107 Å². The van der Waals surface area contributed by atoms with Crippen molar-refractivity contribution in [3.8, 4) is 0 Å². The largest absolute Gasteiger partial charge is 0.390 e. The molecule has 3 aromatic rings. The van der Waals surface area contributed by atoms with Gasteiger partial charge in [0.15, 0.2) is 0 Å². The van der Waals surface area contributed by atoms with Crippen LogP contribution in [0.1, 0.15) is 69.9 Å². The summed E-state index contributed by atoms with van der Waals surface area (Å²) in [5.41, 5.74) is 2.83. The maximum absolute atomic E-state index is 13.2. The summed E-state index contributed by atoms with van der Waals surface area (Å²) in [5.74, 6) is 0.271. The number of nitrogens with zero attached hydrogens (tertiary/aromatic N) is 3. The molecule has 1 aliphatic carbocycles. The van der Waals surface area contributed by atoms with Gasteiger partial charge in [-0.1, -0.05) is 30.4 Å². The highest BCUT2D eigenvalue weighted by molar-refractivity contribution is 6.09. The molecule has 5 aliphatic heterocycles. The van der Waals surface area contributed by atoms with E-state index in [1.807, 2.05) is 6.20 Å².